The summed E-state index contributed by atoms with van der Waals surface area (Å²) in [6.07, 6.45) is 3.28. The fourth-order valence-electron chi connectivity index (χ4n) is 1.56. The van der Waals surface area contributed by atoms with Gasteiger partial charge < -0.3 is 9.84 Å². The zero-order valence-corrected chi connectivity index (χ0v) is 7.85. The van der Waals surface area contributed by atoms with E-state index in [1.54, 1.807) is 0 Å². The quantitative estimate of drug-likeness (QED) is 0.627. The smallest absolute Gasteiger partial charge is 0.0951 e. The third kappa shape index (κ3) is 2.66. The van der Waals surface area contributed by atoms with E-state index < -0.39 is 0 Å². The van der Waals surface area contributed by atoms with Crippen LogP contribution in [0.25, 0.3) is 0 Å². The molecule has 3 heteroatoms. The molecule has 0 bridgehead atoms. The number of aliphatic hydroxyl groups excluding tert-OH is 1. The Balaban J connectivity index is 2.51. The maximum Gasteiger partial charge on any atom is 0.0951 e. The summed E-state index contributed by atoms with van der Waals surface area (Å²) in [6.45, 7) is 9.92. The van der Waals surface area contributed by atoms with Crippen molar-refractivity contribution in [2.75, 3.05) is 26.3 Å². The summed E-state index contributed by atoms with van der Waals surface area (Å²) in [5, 5.41) is 9.58. The summed E-state index contributed by atoms with van der Waals surface area (Å²) in [5.74, 6) is 0. The van der Waals surface area contributed by atoms with Crippen molar-refractivity contribution in [3.8, 4) is 0 Å². The second kappa shape index (κ2) is 5.17. The van der Waals surface area contributed by atoms with E-state index in [0.717, 1.165) is 13.1 Å². The van der Waals surface area contributed by atoms with Gasteiger partial charge in [-0.15, -0.1) is 13.2 Å². The van der Waals surface area contributed by atoms with Gasteiger partial charge in [-0.3, -0.25) is 4.90 Å². The maximum atomic E-state index is 9.58. The largest absolute Gasteiger partial charge is 0.389 e. The molecule has 0 aromatic rings. The number of nitrogens with zero attached hydrogens (tertiary/aromatic N) is 1. The maximum absolute atomic E-state index is 9.58. The van der Waals surface area contributed by atoms with Crippen molar-refractivity contribution < 1.29 is 9.84 Å². The van der Waals surface area contributed by atoms with Crippen LogP contribution < -0.4 is 0 Å². The van der Waals surface area contributed by atoms with Crippen molar-refractivity contribution in [2.24, 2.45) is 0 Å². The lowest BCUT2D eigenvalue weighted by Gasteiger charge is -2.27. The van der Waals surface area contributed by atoms with E-state index in [0.29, 0.717) is 13.2 Å². The van der Waals surface area contributed by atoms with Gasteiger partial charge in [-0.25, -0.2) is 0 Å². The fraction of sp³-hybridized carbons (Fsp3) is 0.600. The molecule has 1 aliphatic rings. The molecule has 0 aromatic carbocycles. The molecule has 1 fully saturated rings. The molecule has 1 aliphatic heterocycles. The minimum Gasteiger partial charge on any atom is -0.389 e. The van der Waals surface area contributed by atoms with E-state index in [-0.39, 0.29) is 12.1 Å². The van der Waals surface area contributed by atoms with Gasteiger partial charge in [-0.1, -0.05) is 12.2 Å². The molecule has 0 radical (unpaired) electrons. The molecule has 74 valence electrons. The van der Waals surface area contributed by atoms with E-state index in [9.17, 15) is 5.11 Å². The average molecular weight is 183 g/mol. The monoisotopic (exact) mass is 183 g/mol. The zero-order valence-electron chi connectivity index (χ0n) is 7.85. The van der Waals surface area contributed by atoms with Crippen LogP contribution >= 0.6 is 0 Å². The van der Waals surface area contributed by atoms with E-state index in [4.69, 9.17) is 4.74 Å². The normalized spacial score (nSPS) is 27.8. The number of rotatable bonds is 5. The summed E-state index contributed by atoms with van der Waals surface area (Å²) >= 11 is 0. The average Bonchev–Trinajstić information content (AvgIpc) is 2.51. The standard InChI is InChI=1S/C10H17NO2/c1-3-5-11(6-4-2)9-7-13-8-10(9)12/h3-4,9-10,12H,1-2,5-8H2. The lowest BCUT2D eigenvalue weighted by molar-refractivity contribution is 0.0942. The summed E-state index contributed by atoms with van der Waals surface area (Å²) in [6, 6.07) is 0.0935. The van der Waals surface area contributed by atoms with Gasteiger partial charge in [0, 0.05) is 13.1 Å². The molecular formula is C10H17NO2. The summed E-state index contributed by atoms with van der Waals surface area (Å²) in [4.78, 5) is 2.11. The van der Waals surface area contributed by atoms with Crippen molar-refractivity contribution in [1.82, 2.24) is 4.90 Å². The molecule has 0 aliphatic carbocycles. The van der Waals surface area contributed by atoms with Crippen molar-refractivity contribution in [3.63, 3.8) is 0 Å². The van der Waals surface area contributed by atoms with Gasteiger partial charge in [0.1, 0.15) is 0 Å². The highest BCUT2D eigenvalue weighted by molar-refractivity contribution is 4.90. The molecule has 0 spiro atoms. The van der Waals surface area contributed by atoms with Gasteiger partial charge in [-0.05, 0) is 0 Å². The third-order valence-electron chi connectivity index (χ3n) is 2.22. The topological polar surface area (TPSA) is 32.7 Å². The number of ether oxygens (including phenoxy) is 1. The molecule has 0 aromatic heterocycles. The van der Waals surface area contributed by atoms with Gasteiger partial charge in [0.25, 0.3) is 0 Å². The molecular weight excluding hydrogens is 166 g/mol. The molecule has 1 heterocycles. The minimum atomic E-state index is -0.375. The van der Waals surface area contributed by atoms with E-state index >= 15 is 0 Å². The molecule has 2 unspecified atom stereocenters. The van der Waals surface area contributed by atoms with Crippen molar-refractivity contribution >= 4 is 0 Å². The highest BCUT2D eigenvalue weighted by Gasteiger charge is 2.30. The Morgan fingerprint density at radius 2 is 1.92 bits per heavy atom. The van der Waals surface area contributed by atoms with Gasteiger partial charge >= 0.3 is 0 Å². The molecule has 0 saturated carbocycles. The van der Waals surface area contributed by atoms with Gasteiger partial charge in [0.05, 0.1) is 25.4 Å². The lowest BCUT2D eigenvalue weighted by Crippen LogP contribution is -2.43. The Morgan fingerprint density at radius 1 is 1.31 bits per heavy atom. The Hall–Kier alpha value is -0.640. The number of aliphatic hydroxyl groups is 1. The lowest BCUT2D eigenvalue weighted by atomic mass is 10.2. The van der Waals surface area contributed by atoms with Crippen molar-refractivity contribution in [1.29, 1.82) is 0 Å². The van der Waals surface area contributed by atoms with Crippen LogP contribution in [0, 0.1) is 0 Å². The Morgan fingerprint density at radius 3 is 2.31 bits per heavy atom. The molecule has 1 saturated heterocycles. The molecule has 2 atom stereocenters. The Bertz CT molecular complexity index is 172. The highest BCUT2D eigenvalue weighted by atomic mass is 16.5. The first kappa shape index (κ1) is 10.4. The first-order chi connectivity index (χ1) is 6.29. The number of hydrogen-bond donors (Lipinski definition) is 1. The summed E-state index contributed by atoms with van der Waals surface area (Å²) in [5.41, 5.74) is 0. The van der Waals surface area contributed by atoms with Crippen LogP contribution in [0.4, 0.5) is 0 Å². The van der Waals surface area contributed by atoms with Crippen molar-refractivity contribution in [2.45, 2.75) is 12.1 Å². The summed E-state index contributed by atoms with van der Waals surface area (Å²) < 4.78 is 5.18. The van der Waals surface area contributed by atoms with Crippen molar-refractivity contribution in [3.05, 3.63) is 25.3 Å². The van der Waals surface area contributed by atoms with E-state index in [1.165, 1.54) is 0 Å². The van der Waals surface area contributed by atoms with Crippen LogP contribution in [0.2, 0.25) is 0 Å². The second-order valence-corrected chi connectivity index (χ2v) is 3.20. The van der Waals surface area contributed by atoms with Crippen LogP contribution in [-0.2, 0) is 4.74 Å². The highest BCUT2D eigenvalue weighted by Crippen LogP contribution is 2.12. The van der Waals surface area contributed by atoms with Gasteiger partial charge in [-0.2, -0.15) is 0 Å². The first-order valence-corrected chi connectivity index (χ1v) is 4.51. The summed E-state index contributed by atoms with van der Waals surface area (Å²) in [7, 11) is 0. The van der Waals surface area contributed by atoms with Gasteiger partial charge in [0.15, 0.2) is 0 Å². The molecule has 0 amide bonds. The first-order valence-electron chi connectivity index (χ1n) is 4.51. The second-order valence-electron chi connectivity index (χ2n) is 3.20. The van der Waals surface area contributed by atoms with Gasteiger partial charge in [0.2, 0.25) is 0 Å². The molecule has 1 N–H and O–H groups in total. The SMILES string of the molecule is C=CCN(CC=C)C1COCC1O. The van der Waals surface area contributed by atoms with Crippen LogP contribution in [0.5, 0.6) is 0 Å². The van der Waals surface area contributed by atoms with Crippen LogP contribution in [0.3, 0.4) is 0 Å². The fourth-order valence-corrected chi connectivity index (χ4v) is 1.56. The van der Waals surface area contributed by atoms with Crippen LogP contribution in [0.1, 0.15) is 0 Å². The molecule has 1 rings (SSSR count). The Labute approximate surface area is 79.3 Å². The van der Waals surface area contributed by atoms with E-state index in [2.05, 4.69) is 18.1 Å². The number of hydrogen-bond acceptors (Lipinski definition) is 3. The van der Waals surface area contributed by atoms with Crippen LogP contribution in [0.15, 0.2) is 25.3 Å². The molecule has 13 heavy (non-hydrogen) atoms. The Kier molecular flexibility index (Phi) is 4.15. The predicted molar refractivity (Wildman–Crippen MR) is 52.6 cm³/mol. The predicted octanol–water partition coefficient (Wildman–Crippen LogP) is 0.420. The molecule has 3 nitrogen and oxygen atoms in total. The minimum absolute atomic E-state index is 0.0935. The third-order valence-corrected chi connectivity index (χ3v) is 2.22. The van der Waals surface area contributed by atoms with Crippen LogP contribution in [-0.4, -0.2) is 48.5 Å². The zero-order chi connectivity index (χ0) is 9.68. The van der Waals surface area contributed by atoms with E-state index in [1.807, 2.05) is 12.2 Å².